The number of halogens is 1. The van der Waals surface area contributed by atoms with Crippen LogP contribution in [0.4, 0.5) is 5.82 Å². The largest absolute Gasteiger partial charge is 0.383 e. The number of ether oxygens (including phenoxy) is 1. The minimum atomic E-state index is -3.70. The summed E-state index contributed by atoms with van der Waals surface area (Å²) < 4.78 is 33.3. The van der Waals surface area contributed by atoms with Gasteiger partial charge >= 0.3 is 0 Å². The van der Waals surface area contributed by atoms with Crippen molar-refractivity contribution >= 4 is 31.8 Å². The van der Waals surface area contributed by atoms with E-state index in [1.165, 1.54) is 13.2 Å². The second-order valence-electron chi connectivity index (χ2n) is 4.95. The molecule has 0 radical (unpaired) electrons. The van der Waals surface area contributed by atoms with E-state index in [1.807, 2.05) is 6.92 Å². The molecule has 0 unspecified atom stereocenters. The zero-order valence-corrected chi connectivity index (χ0v) is 14.4. The minimum absolute atomic E-state index is 0.109. The van der Waals surface area contributed by atoms with Gasteiger partial charge in [0.2, 0.25) is 10.0 Å². The van der Waals surface area contributed by atoms with Crippen LogP contribution in [-0.2, 0) is 14.8 Å². The fourth-order valence-corrected chi connectivity index (χ4v) is 3.78. The molecule has 114 valence electrons. The second kappa shape index (κ2) is 6.84. The Bertz CT molecular complexity index is 561. The number of nitrogens with zero attached hydrogens (tertiary/aromatic N) is 1. The Morgan fingerprint density at radius 2 is 2.10 bits per heavy atom. The second-order valence-corrected chi connectivity index (χ2v) is 7.52. The van der Waals surface area contributed by atoms with Gasteiger partial charge in [0.05, 0.1) is 12.1 Å². The SMILES string of the molecule is CCNc1ncc(Br)cc1S(=O)(=O)NC(C)(C)COC. The van der Waals surface area contributed by atoms with Gasteiger partial charge in [0.25, 0.3) is 0 Å². The zero-order valence-electron chi connectivity index (χ0n) is 12.0. The first-order chi connectivity index (χ1) is 9.22. The molecule has 1 rings (SSSR count). The molecule has 0 atom stereocenters. The topological polar surface area (TPSA) is 80.3 Å². The summed E-state index contributed by atoms with van der Waals surface area (Å²) in [5.41, 5.74) is -0.709. The zero-order chi connectivity index (χ0) is 15.4. The molecule has 2 N–H and O–H groups in total. The van der Waals surface area contributed by atoms with Crippen molar-refractivity contribution in [1.29, 1.82) is 0 Å². The molecule has 20 heavy (non-hydrogen) atoms. The fraction of sp³-hybridized carbons (Fsp3) is 0.583. The quantitative estimate of drug-likeness (QED) is 0.771. The van der Waals surface area contributed by atoms with Gasteiger partial charge < -0.3 is 10.1 Å². The molecule has 1 aromatic heterocycles. The van der Waals surface area contributed by atoms with Gasteiger partial charge in [-0.1, -0.05) is 0 Å². The Morgan fingerprint density at radius 1 is 1.45 bits per heavy atom. The molecule has 0 saturated heterocycles. The molecule has 0 amide bonds. The highest BCUT2D eigenvalue weighted by Gasteiger charge is 2.28. The lowest BCUT2D eigenvalue weighted by Gasteiger charge is -2.25. The van der Waals surface area contributed by atoms with E-state index in [-0.39, 0.29) is 11.5 Å². The van der Waals surface area contributed by atoms with Gasteiger partial charge in [0, 0.05) is 24.3 Å². The summed E-state index contributed by atoms with van der Waals surface area (Å²) in [6.07, 6.45) is 1.55. The average molecular weight is 366 g/mol. The number of hydrogen-bond donors (Lipinski definition) is 2. The molecule has 1 aromatic rings. The van der Waals surface area contributed by atoms with Gasteiger partial charge in [-0.2, -0.15) is 0 Å². The lowest BCUT2D eigenvalue weighted by molar-refractivity contribution is 0.141. The normalized spacial score (nSPS) is 12.4. The van der Waals surface area contributed by atoms with Crippen LogP contribution in [0.15, 0.2) is 21.6 Å². The molecule has 1 heterocycles. The number of hydrogen-bond acceptors (Lipinski definition) is 5. The van der Waals surface area contributed by atoms with Gasteiger partial charge in [-0.25, -0.2) is 18.1 Å². The highest BCUT2D eigenvalue weighted by molar-refractivity contribution is 9.10. The molecular formula is C12H20BrN3O3S. The van der Waals surface area contributed by atoms with Crippen LogP contribution in [0, 0.1) is 0 Å². The Kier molecular flexibility index (Phi) is 5.93. The van der Waals surface area contributed by atoms with Crippen LogP contribution < -0.4 is 10.0 Å². The van der Waals surface area contributed by atoms with E-state index >= 15 is 0 Å². The van der Waals surface area contributed by atoms with Crippen molar-refractivity contribution in [2.24, 2.45) is 0 Å². The lowest BCUT2D eigenvalue weighted by atomic mass is 10.1. The van der Waals surface area contributed by atoms with Gasteiger partial charge in [0.15, 0.2) is 0 Å². The monoisotopic (exact) mass is 365 g/mol. The van der Waals surface area contributed by atoms with Crippen LogP contribution in [0.3, 0.4) is 0 Å². The smallest absolute Gasteiger partial charge is 0.244 e. The third-order valence-corrected chi connectivity index (χ3v) is 4.51. The predicted octanol–water partition coefficient (Wildman–Crippen LogP) is 1.98. The third-order valence-electron chi connectivity index (χ3n) is 2.37. The number of rotatable bonds is 7. The molecule has 8 heteroatoms. The predicted molar refractivity (Wildman–Crippen MR) is 82.4 cm³/mol. The van der Waals surface area contributed by atoms with E-state index in [0.29, 0.717) is 16.8 Å². The molecule has 0 aliphatic heterocycles. The van der Waals surface area contributed by atoms with Gasteiger partial charge in [-0.05, 0) is 42.8 Å². The number of anilines is 1. The summed E-state index contributed by atoms with van der Waals surface area (Å²) in [4.78, 5) is 4.21. The summed E-state index contributed by atoms with van der Waals surface area (Å²) in [7, 11) is -2.17. The Hall–Kier alpha value is -0.700. The number of sulfonamides is 1. The molecule has 0 bridgehead atoms. The number of pyridine rings is 1. The summed E-state index contributed by atoms with van der Waals surface area (Å²) in [6, 6.07) is 1.52. The Balaban J connectivity index is 3.17. The summed E-state index contributed by atoms with van der Waals surface area (Å²) in [5.74, 6) is 0.330. The van der Waals surface area contributed by atoms with Crippen molar-refractivity contribution < 1.29 is 13.2 Å². The van der Waals surface area contributed by atoms with E-state index in [2.05, 4.69) is 31.0 Å². The molecule has 0 fully saturated rings. The molecule has 0 aromatic carbocycles. The van der Waals surface area contributed by atoms with Crippen LogP contribution >= 0.6 is 15.9 Å². The number of aromatic nitrogens is 1. The molecular weight excluding hydrogens is 346 g/mol. The molecule has 6 nitrogen and oxygen atoms in total. The van der Waals surface area contributed by atoms with Crippen molar-refractivity contribution in [2.45, 2.75) is 31.2 Å². The summed E-state index contributed by atoms with van der Waals surface area (Å²) in [5, 5.41) is 2.94. The minimum Gasteiger partial charge on any atom is -0.383 e. The molecule has 0 aliphatic carbocycles. The van der Waals surface area contributed by atoms with Crippen molar-refractivity contribution in [3.63, 3.8) is 0 Å². The molecule has 0 aliphatic rings. The first-order valence-corrected chi connectivity index (χ1v) is 8.42. The van der Waals surface area contributed by atoms with Crippen LogP contribution in [0.2, 0.25) is 0 Å². The van der Waals surface area contributed by atoms with Crippen molar-refractivity contribution in [2.75, 3.05) is 25.6 Å². The van der Waals surface area contributed by atoms with Gasteiger partial charge in [-0.3, -0.25) is 0 Å². The van der Waals surface area contributed by atoms with Crippen LogP contribution in [0.25, 0.3) is 0 Å². The van der Waals surface area contributed by atoms with Gasteiger partial charge in [-0.15, -0.1) is 0 Å². The highest BCUT2D eigenvalue weighted by atomic mass is 79.9. The lowest BCUT2D eigenvalue weighted by Crippen LogP contribution is -2.46. The number of methoxy groups -OCH3 is 1. The van der Waals surface area contributed by atoms with Crippen LogP contribution in [0.5, 0.6) is 0 Å². The average Bonchev–Trinajstić information content (AvgIpc) is 2.30. The van der Waals surface area contributed by atoms with E-state index in [0.717, 1.165) is 0 Å². The maximum Gasteiger partial charge on any atom is 0.244 e. The maximum atomic E-state index is 12.5. The van der Waals surface area contributed by atoms with E-state index in [1.54, 1.807) is 20.0 Å². The van der Waals surface area contributed by atoms with Crippen molar-refractivity contribution in [1.82, 2.24) is 9.71 Å². The van der Waals surface area contributed by atoms with Crippen molar-refractivity contribution in [3.05, 3.63) is 16.7 Å². The molecule has 0 saturated carbocycles. The van der Waals surface area contributed by atoms with Crippen LogP contribution in [0.1, 0.15) is 20.8 Å². The van der Waals surface area contributed by atoms with Crippen LogP contribution in [-0.4, -0.2) is 39.2 Å². The summed E-state index contributed by atoms with van der Waals surface area (Å²) in [6.45, 7) is 6.24. The Morgan fingerprint density at radius 3 is 2.65 bits per heavy atom. The Labute approximate surface area is 128 Å². The summed E-state index contributed by atoms with van der Waals surface area (Å²) >= 11 is 3.24. The third kappa shape index (κ3) is 4.69. The van der Waals surface area contributed by atoms with E-state index in [4.69, 9.17) is 4.74 Å². The van der Waals surface area contributed by atoms with E-state index < -0.39 is 15.6 Å². The number of nitrogens with one attached hydrogen (secondary N) is 2. The maximum absolute atomic E-state index is 12.5. The first-order valence-electron chi connectivity index (χ1n) is 6.14. The first kappa shape index (κ1) is 17.4. The van der Waals surface area contributed by atoms with Gasteiger partial charge in [0.1, 0.15) is 10.7 Å². The molecule has 0 spiro atoms. The standard InChI is InChI=1S/C12H20BrN3O3S/c1-5-14-11-10(6-9(13)7-15-11)20(17,18)16-12(2,3)8-19-4/h6-7,16H,5,8H2,1-4H3,(H,14,15). The fourth-order valence-electron chi connectivity index (χ4n) is 1.73. The van der Waals surface area contributed by atoms with E-state index in [9.17, 15) is 8.42 Å². The highest BCUT2D eigenvalue weighted by Crippen LogP contribution is 2.24. The van der Waals surface area contributed by atoms with Crippen molar-refractivity contribution in [3.8, 4) is 0 Å².